The van der Waals surface area contributed by atoms with Crippen LogP contribution in [0.4, 0.5) is 20.7 Å². The minimum Gasteiger partial charge on any atom is -0.369 e. The van der Waals surface area contributed by atoms with Gasteiger partial charge in [-0.3, -0.25) is 19.7 Å². The molecule has 0 saturated carbocycles. The number of carbonyl (C=O) groups is 2. The molecule has 0 aliphatic carbocycles. The Morgan fingerprint density at radius 3 is 2.56 bits per heavy atom. The normalized spacial score (nSPS) is 21.4. The number of rotatable bonds is 4. The molecule has 32 heavy (non-hydrogen) atoms. The Kier molecular flexibility index (Phi) is 5.73. The fourth-order valence-electron chi connectivity index (χ4n) is 5.12. The van der Waals surface area contributed by atoms with Crippen LogP contribution in [-0.2, 0) is 11.8 Å². The summed E-state index contributed by atoms with van der Waals surface area (Å²) in [4.78, 5) is 29.8. The van der Waals surface area contributed by atoms with Crippen LogP contribution in [0.2, 0.25) is 0 Å². The molecule has 4 heterocycles. The van der Waals surface area contributed by atoms with E-state index in [2.05, 4.69) is 25.5 Å². The topological polar surface area (TPSA) is 85.7 Å². The predicted octanol–water partition coefficient (Wildman–Crippen LogP) is 1.28. The quantitative estimate of drug-likeness (QED) is 0.741. The van der Waals surface area contributed by atoms with Crippen LogP contribution >= 0.6 is 0 Å². The zero-order valence-electron chi connectivity index (χ0n) is 18.4. The summed E-state index contributed by atoms with van der Waals surface area (Å²) in [6, 6.07) is 3.12. The Morgan fingerprint density at radius 2 is 1.84 bits per heavy atom. The van der Waals surface area contributed by atoms with Gasteiger partial charge in [-0.1, -0.05) is 0 Å². The van der Waals surface area contributed by atoms with Crippen LogP contribution in [0.5, 0.6) is 0 Å². The number of halogens is 1. The van der Waals surface area contributed by atoms with Crippen molar-refractivity contribution in [3.8, 4) is 0 Å². The second-order valence-electron chi connectivity index (χ2n) is 8.98. The van der Waals surface area contributed by atoms with Crippen molar-refractivity contribution in [1.29, 1.82) is 0 Å². The number of piperazine rings is 1. The lowest BCUT2D eigenvalue weighted by Crippen LogP contribution is -2.49. The molecular formula is C22H30FN7O2. The molecule has 172 valence electrons. The number of carbonyl (C=O) groups excluding carboxylic acids is 2. The van der Waals surface area contributed by atoms with E-state index in [1.165, 1.54) is 9.58 Å². The molecule has 0 radical (unpaired) electrons. The molecule has 2 N–H and O–H groups in total. The number of nitrogens with zero attached hydrogens (tertiary/aromatic N) is 5. The maximum absolute atomic E-state index is 15.6. The Labute approximate surface area is 186 Å². The first-order chi connectivity index (χ1) is 15.5. The highest BCUT2D eigenvalue weighted by Crippen LogP contribution is 2.35. The number of piperidine rings is 1. The van der Waals surface area contributed by atoms with Crippen molar-refractivity contribution < 1.29 is 14.0 Å². The van der Waals surface area contributed by atoms with E-state index in [1.54, 1.807) is 13.1 Å². The van der Waals surface area contributed by atoms with Gasteiger partial charge in [-0.15, -0.1) is 0 Å². The van der Waals surface area contributed by atoms with E-state index in [0.29, 0.717) is 28.3 Å². The molecule has 5 rings (SSSR count). The number of imide groups is 1. The van der Waals surface area contributed by atoms with Gasteiger partial charge in [0, 0.05) is 71.2 Å². The summed E-state index contributed by atoms with van der Waals surface area (Å²) in [6.07, 6.45) is 2.31. The number of benzene rings is 1. The fraction of sp³-hybridized carbons (Fsp3) is 0.591. The van der Waals surface area contributed by atoms with Crippen LogP contribution in [0.3, 0.4) is 0 Å². The second kappa shape index (κ2) is 8.67. The molecule has 10 heteroatoms. The number of urea groups is 1. The van der Waals surface area contributed by atoms with Crippen LogP contribution in [0.15, 0.2) is 12.1 Å². The van der Waals surface area contributed by atoms with Crippen LogP contribution in [0, 0.1) is 11.7 Å². The van der Waals surface area contributed by atoms with Gasteiger partial charge in [-0.2, -0.15) is 5.10 Å². The largest absolute Gasteiger partial charge is 0.369 e. The number of amides is 3. The number of hydrogen-bond donors (Lipinski definition) is 2. The summed E-state index contributed by atoms with van der Waals surface area (Å²) in [6.45, 7) is 7.37. The van der Waals surface area contributed by atoms with Crippen molar-refractivity contribution >= 4 is 34.3 Å². The summed E-state index contributed by atoms with van der Waals surface area (Å²) in [5.74, 6) is 0.422. The van der Waals surface area contributed by atoms with Gasteiger partial charge in [0.05, 0.1) is 5.69 Å². The lowest BCUT2D eigenvalue weighted by molar-refractivity contribution is -0.120. The summed E-state index contributed by atoms with van der Waals surface area (Å²) < 4.78 is 17.1. The molecule has 0 spiro atoms. The standard InChI is InChI=1S/C22H30FN7O2/c1-27-20-16(21(26-27)30-11-6-18(31)25-22(30)32)2-3-17(19(20)23)29-9-4-15(5-10-29)14-28-12-7-24-8-13-28/h2-3,15,24H,4-14H2,1H3,(H,25,31,32). The zero-order valence-corrected chi connectivity index (χ0v) is 18.4. The van der Waals surface area contributed by atoms with E-state index >= 15 is 4.39 Å². The lowest BCUT2D eigenvalue weighted by atomic mass is 9.95. The third-order valence-corrected chi connectivity index (χ3v) is 6.90. The molecule has 2 aromatic rings. The predicted molar refractivity (Wildman–Crippen MR) is 120 cm³/mol. The number of hydrogen-bond acceptors (Lipinski definition) is 6. The first kappa shape index (κ1) is 21.1. The second-order valence-corrected chi connectivity index (χ2v) is 8.98. The molecule has 3 saturated heterocycles. The minimum atomic E-state index is -0.516. The monoisotopic (exact) mass is 443 g/mol. The van der Waals surface area contributed by atoms with Crippen LogP contribution in [-0.4, -0.2) is 79.0 Å². The van der Waals surface area contributed by atoms with E-state index in [1.807, 2.05) is 6.07 Å². The fourth-order valence-corrected chi connectivity index (χ4v) is 5.12. The zero-order chi connectivity index (χ0) is 22.2. The third kappa shape index (κ3) is 3.93. The highest BCUT2D eigenvalue weighted by molar-refractivity contribution is 6.09. The van der Waals surface area contributed by atoms with Gasteiger partial charge < -0.3 is 15.1 Å². The summed E-state index contributed by atoms with van der Waals surface area (Å²) in [5, 5.41) is 10.7. The first-order valence-corrected chi connectivity index (χ1v) is 11.5. The number of nitrogens with one attached hydrogen (secondary N) is 2. The van der Waals surface area contributed by atoms with Crippen molar-refractivity contribution in [3.05, 3.63) is 17.9 Å². The van der Waals surface area contributed by atoms with Crippen molar-refractivity contribution in [2.45, 2.75) is 19.3 Å². The van der Waals surface area contributed by atoms with Gasteiger partial charge in [0.1, 0.15) is 5.52 Å². The Balaban J connectivity index is 1.32. The highest BCUT2D eigenvalue weighted by atomic mass is 19.1. The number of aromatic nitrogens is 2. The lowest BCUT2D eigenvalue weighted by Gasteiger charge is -2.37. The van der Waals surface area contributed by atoms with Gasteiger partial charge >= 0.3 is 6.03 Å². The Bertz CT molecular complexity index is 1020. The maximum atomic E-state index is 15.6. The molecule has 3 aliphatic heterocycles. The molecule has 9 nitrogen and oxygen atoms in total. The van der Waals surface area contributed by atoms with Crippen molar-refractivity contribution in [2.75, 3.05) is 62.2 Å². The summed E-state index contributed by atoms with van der Waals surface area (Å²) in [7, 11) is 1.69. The Morgan fingerprint density at radius 1 is 1.09 bits per heavy atom. The molecular weight excluding hydrogens is 413 g/mol. The van der Waals surface area contributed by atoms with E-state index in [9.17, 15) is 9.59 Å². The molecule has 3 amide bonds. The minimum absolute atomic E-state index is 0.202. The molecule has 3 aliphatic rings. The molecule has 3 fully saturated rings. The van der Waals surface area contributed by atoms with Crippen molar-refractivity contribution in [2.24, 2.45) is 13.0 Å². The van der Waals surface area contributed by atoms with Crippen LogP contribution in [0.25, 0.3) is 10.9 Å². The van der Waals surface area contributed by atoms with Crippen molar-refractivity contribution in [3.63, 3.8) is 0 Å². The van der Waals surface area contributed by atoms with E-state index < -0.39 is 6.03 Å². The highest BCUT2D eigenvalue weighted by Gasteiger charge is 2.30. The molecule has 1 aromatic heterocycles. The molecule has 0 unspecified atom stereocenters. The average Bonchev–Trinajstić information content (AvgIpc) is 3.12. The van der Waals surface area contributed by atoms with Gasteiger partial charge in [0.15, 0.2) is 11.6 Å². The van der Waals surface area contributed by atoms with E-state index in [4.69, 9.17) is 0 Å². The first-order valence-electron chi connectivity index (χ1n) is 11.5. The SMILES string of the molecule is Cn1nc(N2CCC(=O)NC2=O)c2ccc(N3CCC(CN4CCNCC4)CC3)c(F)c21. The smallest absolute Gasteiger partial charge is 0.329 e. The van der Waals surface area contributed by atoms with E-state index in [0.717, 1.165) is 58.7 Å². The molecule has 1 aromatic carbocycles. The summed E-state index contributed by atoms with van der Waals surface area (Å²) >= 11 is 0. The van der Waals surface area contributed by atoms with Gasteiger partial charge in [-0.25, -0.2) is 9.18 Å². The Hall–Kier alpha value is -2.72. The number of fused-ring (bicyclic) bond motifs is 1. The number of aryl methyl sites for hydroxylation is 1. The average molecular weight is 444 g/mol. The van der Waals surface area contributed by atoms with Gasteiger partial charge in [0.25, 0.3) is 0 Å². The van der Waals surface area contributed by atoms with Gasteiger partial charge in [0.2, 0.25) is 5.91 Å². The summed E-state index contributed by atoms with van der Waals surface area (Å²) in [5.41, 5.74) is 0.969. The molecule has 0 bridgehead atoms. The maximum Gasteiger partial charge on any atom is 0.329 e. The van der Waals surface area contributed by atoms with E-state index in [-0.39, 0.29) is 24.7 Å². The van der Waals surface area contributed by atoms with Crippen LogP contribution in [0.1, 0.15) is 19.3 Å². The van der Waals surface area contributed by atoms with Gasteiger partial charge in [-0.05, 0) is 30.9 Å². The van der Waals surface area contributed by atoms with Crippen molar-refractivity contribution in [1.82, 2.24) is 25.3 Å². The molecule has 0 atom stereocenters. The third-order valence-electron chi connectivity index (χ3n) is 6.90. The van der Waals surface area contributed by atoms with Crippen LogP contribution < -0.4 is 20.4 Å². The number of anilines is 2.